The van der Waals surface area contributed by atoms with E-state index in [0.29, 0.717) is 36.0 Å². The summed E-state index contributed by atoms with van der Waals surface area (Å²) in [6.45, 7) is 17.3. The van der Waals surface area contributed by atoms with E-state index in [9.17, 15) is 0 Å². The number of hydrogen-bond donors (Lipinski definition) is 0. The van der Waals surface area contributed by atoms with Crippen molar-refractivity contribution in [3.63, 3.8) is 0 Å². The van der Waals surface area contributed by atoms with Crippen molar-refractivity contribution in [1.82, 2.24) is 0 Å². The third-order valence-corrected chi connectivity index (χ3v) is 15.4. The predicted molar refractivity (Wildman–Crippen MR) is 170 cm³/mol. The van der Waals surface area contributed by atoms with Gasteiger partial charge in [0.25, 0.3) is 0 Å². The minimum atomic E-state index is -1.01. The predicted octanol–water partition coefficient (Wildman–Crippen LogP) is 6.33. The molecule has 6 heteroatoms. The summed E-state index contributed by atoms with van der Waals surface area (Å²) in [5.74, 6) is 0. The first-order valence-electron chi connectivity index (χ1n) is 13.5. The van der Waals surface area contributed by atoms with Crippen LogP contribution in [0.25, 0.3) is 0 Å². The van der Waals surface area contributed by atoms with E-state index in [2.05, 4.69) is 116 Å². The first-order valence-corrected chi connectivity index (χ1v) is 24.7. The SMILES string of the molecule is C[Si](C)(C)CCCN1C(=CC=CC2C[Se]c3ccccc3N2CCC[Si](C)(C)C)[Se]c2ccccc21. The van der Waals surface area contributed by atoms with E-state index in [4.69, 9.17) is 0 Å². The van der Waals surface area contributed by atoms with Crippen molar-refractivity contribution >= 4 is 66.4 Å². The van der Waals surface area contributed by atoms with Crippen LogP contribution in [0.2, 0.25) is 56.7 Å². The van der Waals surface area contributed by atoms with Crippen molar-refractivity contribution in [3.8, 4) is 0 Å². The molecular formula is C30H44N2Se2Si2. The van der Waals surface area contributed by atoms with Crippen LogP contribution in [-0.4, -0.2) is 65.2 Å². The first-order chi connectivity index (χ1) is 17.1. The zero-order valence-electron chi connectivity index (χ0n) is 23.1. The quantitative estimate of drug-likeness (QED) is 0.279. The molecule has 0 spiro atoms. The molecule has 0 saturated carbocycles. The van der Waals surface area contributed by atoms with Gasteiger partial charge in [0.15, 0.2) is 0 Å². The van der Waals surface area contributed by atoms with Gasteiger partial charge in [-0.05, 0) is 0 Å². The average Bonchev–Trinajstić information content (AvgIpc) is 3.16. The van der Waals surface area contributed by atoms with Crippen molar-refractivity contribution in [3.05, 3.63) is 71.4 Å². The van der Waals surface area contributed by atoms with Gasteiger partial charge in [-0.15, -0.1) is 0 Å². The molecule has 1 unspecified atom stereocenters. The molecule has 2 heterocycles. The van der Waals surface area contributed by atoms with Gasteiger partial charge in [-0.1, -0.05) is 0 Å². The van der Waals surface area contributed by atoms with Crippen molar-refractivity contribution in [2.75, 3.05) is 22.9 Å². The summed E-state index contributed by atoms with van der Waals surface area (Å²) in [5.41, 5.74) is 2.95. The maximum atomic E-state index is 2.72. The first kappa shape index (κ1) is 28.0. The van der Waals surface area contributed by atoms with Crippen LogP contribution in [0.5, 0.6) is 0 Å². The molecule has 194 valence electrons. The van der Waals surface area contributed by atoms with Gasteiger partial charge in [0.1, 0.15) is 0 Å². The van der Waals surface area contributed by atoms with Gasteiger partial charge in [0, 0.05) is 0 Å². The fourth-order valence-electron chi connectivity index (χ4n) is 4.93. The third kappa shape index (κ3) is 7.75. The topological polar surface area (TPSA) is 6.48 Å². The Balaban J connectivity index is 1.50. The molecule has 0 aliphatic carbocycles. The van der Waals surface area contributed by atoms with Gasteiger partial charge < -0.3 is 0 Å². The monoisotopic (exact) mass is 648 g/mol. The van der Waals surface area contributed by atoms with Crippen LogP contribution in [0.3, 0.4) is 0 Å². The van der Waals surface area contributed by atoms with Crippen LogP contribution >= 0.6 is 0 Å². The Hall–Kier alpha value is -1.01. The molecule has 1 atom stereocenters. The molecule has 0 fully saturated rings. The van der Waals surface area contributed by atoms with Crippen LogP contribution in [0.4, 0.5) is 11.4 Å². The van der Waals surface area contributed by atoms with Gasteiger partial charge in [0.2, 0.25) is 0 Å². The summed E-state index contributed by atoms with van der Waals surface area (Å²) in [7, 11) is -2.02. The fraction of sp³-hybridized carbons (Fsp3) is 0.467. The number of anilines is 2. The van der Waals surface area contributed by atoms with Crippen LogP contribution in [0, 0.1) is 0 Å². The Kier molecular flexibility index (Phi) is 9.52. The molecule has 0 aromatic heterocycles. The Morgan fingerprint density at radius 2 is 1.42 bits per heavy atom. The molecule has 0 radical (unpaired) electrons. The van der Waals surface area contributed by atoms with Crippen molar-refractivity contribution in [1.29, 1.82) is 0 Å². The van der Waals surface area contributed by atoms with Gasteiger partial charge in [-0.25, -0.2) is 0 Å². The summed E-state index contributed by atoms with van der Waals surface area (Å²) < 4.78 is 4.66. The third-order valence-electron chi connectivity index (χ3n) is 6.83. The van der Waals surface area contributed by atoms with Gasteiger partial charge in [-0.2, -0.15) is 0 Å². The molecule has 0 amide bonds. The van der Waals surface area contributed by atoms with Crippen molar-refractivity contribution in [2.45, 2.75) is 75.6 Å². The second-order valence-corrected chi connectivity index (χ2v) is 28.2. The number of nitrogens with zero attached hydrogens (tertiary/aromatic N) is 2. The molecule has 0 bridgehead atoms. The summed E-state index contributed by atoms with van der Waals surface area (Å²) in [4.78, 5) is 5.35. The number of benzene rings is 2. The summed E-state index contributed by atoms with van der Waals surface area (Å²) in [6.07, 6.45) is 9.97. The van der Waals surface area contributed by atoms with E-state index in [1.165, 1.54) is 52.8 Å². The van der Waals surface area contributed by atoms with E-state index < -0.39 is 16.1 Å². The number of hydrogen-bond acceptors (Lipinski definition) is 2. The summed E-state index contributed by atoms with van der Waals surface area (Å²) in [5, 5.41) is 1.28. The number of para-hydroxylation sites is 2. The molecule has 2 aromatic carbocycles. The van der Waals surface area contributed by atoms with Crippen LogP contribution in [0.1, 0.15) is 12.8 Å². The van der Waals surface area contributed by atoms with E-state index in [1.54, 1.807) is 8.92 Å². The van der Waals surface area contributed by atoms with E-state index in [0.717, 1.165) is 6.54 Å². The molecule has 2 nitrogen and oxygen atoms in total. The second kappa shape index (κ2) is 12.2. The Morgan fingerprint density at radius 1 is 0.806 bits per heavy atom. The standard InChI is InChI=1S/C30H44N2Se2Si2/c1-35(2,3)22-12-20-31-25(24-33-28-17-9-7-15-26(28)31)14-11-19-30-32(21-13-23-36(4,5)6)27-16-8-10-18-29(27)34-30/h7-11,14-19,25H,12-13,20-24H2,1-6H3. The van der Waals surface area contributed by atoms with Crippen molar-refractivity contribution < 1.29 is 0 Å². The van der Waals surface area contributed by atoms with Gasteiger partial charge >= 0.3 is 236 Å². The maximum absolute atomic E-state index is 2.72. The molecule has 0 saturated heterocycles. The van der Waals surface area contributed by atoms with E-state index >= 15 is 0 Å². The Bertz CT molecular complexity index is 1080. The zero-order chi connectivity index (χ0) is 25.8. The molecule has 2 aromatic rings. The van der Waals surface area contributed by atoms with Gasteiger partial charge in [-0.3, -0.25) is 0 Å². The van der Waals surface area contributed by atoms with Crippen molar-refractivity contribution in [2.24, 2.45) is 0 Å². The molecule has 36 heavy (non-hydrogen) atoms. The average molecular weight is 647 g/mol. The molecule has 4 rings (SSSR count). The molecule has 0 N–H and O–H groups in total. The fourth-order valence-corrected chi connectivity index (χ4v) is 12.1. The number of fused-ring (bicyclic) bond motifs is 2. The van der Waals surface area contributed by atoms with Gasteiger partial charge in [0.05, 0.1) is 0 Å². The molecular weight excluding hydrogens is 602 g/mol. The summed E-state index contributed by atoms with van der Waals surface area (Å²) in [6, 6.07) is 21.6. The zero-order valence-corrected chi connectivity index (χ0v) is 28.5. The van der Waals surface area contributed by atoms with Crippen LogP contribution in [-0.2, 0) is 0 Å². The Morgan fingerprint density at radius 3 is 2.11 bits per heavy atom. The molecule has 2 aliphatic rings. The van der Waals surface area contributed by atoms with Crippen LogP contribution < -0.4 is 18.7 Å². The van der Waals surface area contributed by atoms with E-state index in [1.807, 2.05) is 0 Å². The molecule has 2 aliphatic heterocycles. The normalized spacial score (nSPS) is 19.3. The van der Waals surface area contributed by atoms with E-state index in [-0.39, 0.29) is 0 Å². The summed E-state index contributed by atoms with van der Waals surface area (Å²) >= 11 is 0.963. The second-order valence-electron chi connectivity index (χ2n) is 12.5. The number of rotatable bonds is 10. The minimum absolute atomic E-state index is 0.403. The number of allylic oxidation sites excluding steroid dienone is 2. The van der Waals surface area contributed by atoms with Crippen LogP contribution in [0.15, 0.2) is 71.4 Å². The Labute approximate surface area is 235 Å².